The van der Waals surface area contributed by atoms with E-state index in [1.54, 1.807) is 0 Å². The number of fused-ring (bicyclic) bond motifs is 1. The zero-order valence-electron chi connectivity index (χ0n) is 9.63. The molecule has 1 aliphatic rings. The summed E-state index contributed by atoms with van der Waals surface area (Å²) in [5.74, 6) is 0. The highest BCUT2D eigenvalue weighted by atomic mass is 14.7. The highest BCUT2D eigenvalue weighted by molar-refractivity contribution is 5.57. The van der Waals surface area contributed by atoms with Crippen molar-refractivity contribution in [2.75, 3.05) is 0 Å². The molecule has 0 amide bonds. The largest absolute Gasteiger partial charge is 0.261 e. The van der Waals surface area contributed by atoms with Gasteiger partial charge in [0.1, 0.15) is 0 Å². The fourth-order valence-corrected chi connectivity index (χ4v) is 2.11. The number of hydrogen-bond donors (Lipinski definition) is 0. The SMILES string of the molecule is C1=Cc2ccc(CCc3ccccn3)nc2C1. The minimum Gasteiger partial charge on any atom is -0.261 e. The van der Waals surface area contributed by atoms with Crippen molar-refractivity contribution in [3.05, 3.63) is 65.2 Å². The van der Waals surface area contributed by atoms with Gasteiger partial charge >= 0.3 is 0 Å². The van der Waals surface area contributed by atoms with Crippen molar-refractivity contribution in [3.8, 4) is 0 Å². The van der Waals surface area contributed by atoms with Gasteiger partial charge in [-0.3, -0.25) is 9.97 Å². The van der Waals surface area contributed by atoms with Crippen LogP contribution in [0, 0.1) is 0 Å². The third-order valence-corrected chi connectivity index (χ3v) is 3.04. The summed E-state index contributed by atoms with van der Waals surface area (Å²) in [5.41, 5.74) is 4.78. The Labute approximate surface area is 101 Å². The van der Waals surface area contributed by atoms with Gasteiger partial charge in [0.25, 0.3) is 0 Å². The predicted octanol–water partition coefficient (Wildman–Crippen LogP) is 2.83. The van der Waals surface area contributed by atoms with E-state index in [0.717, 1.165) is 30.7 Å². The van der Waals surface area contributed by atoms with E-state index in [4.69, 9.17) is 0 Å². The number of rotatable bonds is 3. The highest BCUT2D eigenvalue weighted by Gasteiger charge is 2.07. The van der Waals surface area contributed by atoms with Gasteiger partial charge in [0.2, 0.25) is 0 Å². The second kappa shape index (κ2) is 4.50. The highest BCUT2D eigenvalue weighted by Crippen LogP contribution is 2.17. The lowest BCUT2D eigenvalue weighted by Gasteiger charge is -2.03. The van der Waals surface area contributed by atoms with Crippen LogP contribution >= 0.6 is 0 Å². The molecule has 2 nitrogen and oxygen atoms in total. The third kappa shape index (κ3) is 2.26. The van der Waals surface area contributed by atoms with E-state index >= 15 is 0 Å². The first kappa shape index (κ1) is 10.2. The van der Waals surface area contributed by atoms with E-state index < -0.39 is 0 Å². The Kier molecular flexibility index (Phi) is 2.70. The molecule has 0 aliphatic heterocycles. The maximum Gasteiger partial charge on any atom is 0.0516 e. The maximum absolute atomic E-state index is 4.68. The van der Waals surface area contributed by atoms with Crippen molar-refractivity contribution >= 4 is 6.08 Å². The van der Waals surface area contributed by atoms with Crippen molar-refractivity contribution in [2.24, 2.45) is 0 Å². The average Bonchev–Trinajstić information content (AvgIpc) is 2.85. The number of allylic oxidation sites excluding steroid dienone is 1. The lowest BCUT2D eigenvalue weighted by molar-refractivity contribution is 0.868. The first-order valence-electron chi connectivity index (χ1n) is 5.97. The molecule has 0 spiro atoms. The number of nitrogens with zero attached hydrogens (tertiary/aromatic N) is 2. The van der Waals surface area contributed by atoms with Crippen molar-refractivity contribution in [1.29, 1.82) is 0 Å². The van der Waals surface area contributed by atoms with Gasteiger partial charge in [-0.2, -0.15) is 0 Å². The molecule has 0 saturated heterocycles. The molecule has 84 valence electrons. The van der Waals surface area contributed by atoms with Gasteiger partial charge in [0.15, 0.2) is 0 Å². The molecule has 0 unspecified atom stereocenters. The molecule has 17 heavy (non-hydrogen) atoms. The van der Waals surface area contributed by atoms with E-state index in [9.17, 15) is 0 Å². The molecule has 1 aliphatic carbocycles. The van der Waals surface area contributed by atoms with Gasteiger partial charge in [0.05, 0.1) is 5.69 Å². The van der Waals surface area contributed by atoms with Gasteiger partial charge in [-0.05, 0) is 36.6 Å². The summed E-state index contributed by atoms with van der Waals surface area (Å²) in [6.07, 6.45) is 9.05. The fraction of sp³-hybridized carbons (Fsp3) is 0.200. The first-order valence-corrected chi connectivity index (χ1v) is 5.97. The van der Waals surface area contributed by atoms with Crippen LogP contribution in [0.25, 0.3) is 6.08 Å². The van der Waals surface area contributed by atoms with Gasteiger partial charge in [0, 0.05) is 24.0 Å². The molecule has 0 saturated carbocycles. The molecular formula is C15H14N2. The first-order chi connectivity index (χ1) is 8.42. The van der Waals surface area contributed by atoms with E-state index in [1.807, 2.05) is 18.3 Å². The Morgan fingerprint density at radius 1 is 1.00 bits per heavy atom. The minimum atomic E-state index is 0.958. The minimum absolute atomic E-state index is 0.958. The van der Waals surface area contributed by atoms with Gasteiger partial charge in [-0.25, -0.2) is 0 Å². The molecule has 3 rings (SSSR count). The molecule has 0 fully saturated rings. The van der Waals surface area contributed by atoms with Crippen LogP contribution < -0.4 is 0 Å². The topological polar surface area (TPSA) is 25.8 Å². The van der Waals surface area contributed by atoms with Crippen molar-refractivity contribution in [3.63, 3.8) is 0 Å². The molecule has 2 heterocycles. The maximum atomic E-state index is 4.68. The molecule has 2 heteroatoms. The summed E-state index contributed by atoms with van der Waals surface area (Å²) in [6, 6.07) is 10.3. The van der Waals surface area contributed by atoms with Crippen LogP contribution in [-0.2, 0) is 19.3 Å². The second-order valence-electron chi connectivity index (χ2n) is 4.27. The monoisotopic (exact) mass is 222 g/mol. The second-order valence-corrected chi connectivity index (χ2v) is 4.27. The van der Waals surface area contributed by atoms with Gasteiger partial charge in [-0.15, -0.1) is 0 Å². The van der Waals surface area contributed by atoms with Crippen LogP contribution in [0.15, 0.2) is 42.6 Å². The zero-order chi connectivity index (χ0) is 11.5. The average molecular weight is 222 g/mol. The van der Waals surface area contributed by atoms with Crippen LogP contribution in [0.2, 0.25) is 0 Å². The van der Waals surface area contributed by atoms with Crippen molar-refractivity contribution < 1.29 is 0 Å². The Morgan fingerprint density at radius 2 is 1.94 bits per heavy atom. The van der Waals surface area contributed by atoms with Crippen LogP contribution in [0.5, 0.6) is 0 Å². The fourth-order valence-electron chi connectivity index (χ4n) is 2.11. The molecule has 0 bridgehead atoms. The summed E-state index contributed by atoms with van der Waals surface area (Å²) in [5, 5.41) is 0. The summed E-state index contributed by atoms with van der Waals surface area (Å²) in [7, 11) is 0. The van der Waals surface area contributed by atoms with E-state index in [2.05, 4.69) is 40.3 Å². The Hall–Kier alpha value is -1.96. The Balaban J connectivity index is 1.70. The molecule has 0 aromatic carbocycles. The molecule has 2 aromatic rings. The number of pyridine rings is 2. The smallest absolute Gasteiger partial charge is 0.0516 e. The predicted molar refractivity (Wildman–Crippen MR) is 68.6 cm³/mol. The number of aromatic nitrogens is 2. The number of aryl methyl sites for hydroxylation is 2. The molecular weight excluding hydrogens is 208 g/mol. The standard InChI is InChI=1S/C15H14N2/c1-2-11-16-13(5-1)9-10-14-8-7-12-4-3-6-15(12)17-14/h1-5,7-8,11H,6,9-10H2. The summed E-state index contributed by atoms with van der Waals surface area (Å²) in [6.45, 7) is 0. The van der Waals surface area contributed by atoms with Crippen molar-refractivity contribution in [1.82, 2.24) is 9.97 Å². The summed E-state index contributed by atoms with van der Waals surface area (Å²) >= 11 is 0. The molecule has 0 N–H and O–H groups in total. The van der Waals surface area contributed by atoms with Gasteiger partial charge in [-0.1, -0.05) is 24.3 Å². The molecule has 0 atom stereocenters. The Bertz CT molecular complexity index is 544. The quantitative estimate of drug-likeness (QED) is 0.798. The summed E-state index contributed by atoms with van der Waals surface area (Å²) in [4.78, 5) is 9.00. The van der Waals surface area contributed by atoms with Crippen LogP contribution in [0.4, 0.5) is 0 Å². The lowest BCUT2D eigenvalue weighted by atomic mass is 10.1. The van der Waals surface area contributed by atoms with Gasteiger partial charge < -0.3 is 0 Å². The normalized spacial score (nSPS) is 12.7. The third-order valence-electron chi connectivity index (χ3n) is 3.04. The van der Waals surface area contributed by atoms with Crippen LogP contribution in [0.1, 0.15) is 22.6 Å². The zero-order valence-corrected chi connectivity index (χ0v) is 9.63. The van der Waals surface area contributed by atoms with Crippen LogP contribution in [-0.4, -0.2) is 9.97 Å². The number of hydrogen-bond acceptors (Lipinski definition) is 2. The summed E-state index contributed by atoms with van der Waals surface area (Å²) < 4.78 is 0. The van der Waals surface area contributed by atoms with E-state index in [1.165, 1.54) is 11.3 Å². The lowest BCUT2D eigenvalue weighted by Crippen LogP contribution is -1.99. The molecule has 0 radical (unpaired) electrons. The Morgan fingerprint density at radius 3 is 2.82 bits per heavy atom. The van der Waals surface area contributed by atoms with E-state index in [-0.39, 0.29) is 0 Å². The molecule has 2 aromatic heterocycles. The van der Waals surface area contributed by atoms with Crippen LogP contribution in [0.3, 0.4) is 0 Å². The van der Waals surface area contributed by atoms with Crippen molar-refractivity contribution in [2.45, 2.75) is 19.3 Å². The van der Waals surface area contributed by atoms with E-state index in [0.29, 0.717) is 0 Å².